The van der Waals surface area contributed by atoms with E-state index in [0.717, 1.165) is 22.3 Å². The first-order valence-electron chi connectivity index (χ1n) is 10.7. The molecule has 1 aliphatic rings. The number of likely N-dealkylation sites (tertiary alicyclic amines) is 1. The molecule has 2 amide bonds. The van der Waals surface area contributed by atoms with E-state index in [9.17, 15) is 9.59 Å². The van der Waals surface area contributed by atoms with Crippen molar-refractivity contribution in [3.05, 3.63) is 84.2 Å². The van der Waals surface area contributed by atoms with Crippen molar-refractivity contribution >= 4 is 11.8 Å². The molecule has 1 atom stereocenters. The predicted octanol–water partition coefficient (Wildman–Crippen LogP) is 3.25. The van der Waals surface area contributed by atoms with Gasteiger partial charge < -0.3 is 15.4 Å². The summed E-state index contributed by atoms with van der Waals surface area (Å²) in [7, 11) is 1.59. The topological polar surface area (TPSA) is 85.5 Å². The van der Waals surface area contributed by atoms with Gasteiger partial charge >= 0.3 is 0 Å². The molecule has 6 nitrogen and oxygen atoms in total. The Labute approximate surface area is 188 Å². The van der Waals surface area contributed by atoms with Gasteiger partial charge in [0.2, 0.25) is 11.8 Å². The normalized spacial score (nSPS) is 17.8. The molecule has 2 N–H and O–H groups in total. The number of rotatable bonds is 7. The summed E-state index contributed by atoms with van der Waals surface area (Å²) in [5, 5.41) is 0. The summed E-state index contributed by atoms with van der Waals surface area (Å²) in [5.41, 5.74) is 9.00. The molecule has 2 aromatic carbocycles. The fourth-order valence-corrected chi connectivity index (χ4v) is 4.48. The molecule has 1 unspecified atom stereocenters. The summed E-state index contributed by atoms with van der Waals surface area (Å²) in [6, 6.07) is 19.4. The summed E-state index contributed by atoms with van der Waals surface area (Å²) in [4.78, 5) is 31.7. The summed E-state index contributed by atoms with van der Waals surface area (Å²) < 4.78 is 5.37. The van der Waals surface area contributed by atoms with Gasteiger partial charge in [-0.05, 0) is 36.1 Å². The van der Waals surface area contributed by atoms with Gasteiger partial charge in [-0.1, -0.05) is 48.5 Å². The van der Waals surface area contributed by atoms with Crippen molar-refractivity contribution in [1.82, 2.24) is 9.88 Å². The largest absolute Gasteiger partial charge is 0.496 e. The molecule has 4 rings (SSSR count). The number of nitrogens with zero attached hydrogens (tertiary/aromatic N) is 2. The van der Waals surface area contributed by atoms with E-state index in [4.69, 9.17) is 10.5 Å². The number of amides is 2. The van der Waals surface area contributed by atoms with Crippen LogP contribution in [0.4, 0.5) is 0 Å². The molecular weight excluding hydrogens is 402 g/mol. The maximum atomic E-state index is 13.0. The highest BCUT2D eigenvalue weighted by Gasteiger charge is 2.45. The molecule has 0 aliphatic carbocycles. The number of methoxy groups -OCH3 is 1. The van der Waals surface area contributed by atoms with Crippen LogP contribution < -0.4 is 10.5 Å². The molecule has 1 aromatic heterocycles. The molecule has 1 aliphatic heterocycles. The van der Waals surface area contributed by atoms with Crippen LogP contribution in [0, 0.1) is 5.41 Å². The fraction of sp³-hybridized carbons (Fsp3) is 0.269. The average molecular weight is 430 g/mol. The lowest BCUT2D eigenvalue weighted by molar-refractivity contribution is -0.131. The van der Waals surface area contributed by atoms with Gasteiger partial charge in [0.1, 0.15) is 5.75 Å². The Bertz CT molecular complexity index is 1120. The number of aromatic nitrogens is 1. The standard InChI is InChI=1S/C26H27N3O3/c1-32-23-11-5-3-7-19(23)15-24(30)29-14-12-26(18-29,25(27)31)16-20-8-2-4-10-22(20)21-9-6-13-28-17-21/h2-11,13,17H,12,14-16,18H2,1H3,(H2,27,31). The molecule has 1 fully saturated rings. The predicted molar refractivity (Wildman–Crippen MR) is 123 cm³/mol. The van der Waals surface area contributed by atoms with Gasteiger partial charge in [-0.15, -0.1) is 0 Å². The molecule has 3 aromatic rings. The molecule has 32 heavy (non-hydrogen) atoms. The Balaban J connectivity index is 1.55. The van der Waals surface area contributed by atoms with Crippen LogP contribution in [0.5, 0.6) is 5.75 Å². The molecule has 0 saturated carbocycles. The van der Waals surface area contributed by atoms with Gasteiger partial charge in [-0.3, -0.25) is 14.6 Å². The van der Waals surface area contributed by atoms with E-state index in [2.05, 4.69) is 4.98 Å². The number of hydrogen-bond donors (Lipinski definition) is 1. The Hall–Kier alpha value is -3.67. The summed E-state index contributed by atoms with van der Waals surface area (Å²) >= 11 is 0. The lowest BCUT2D eigenvalue weighted by atomic mass is 9.78. The van der Waals surface area contributed by atoms with Crippen LogP contribution in [-0.2, 0) is 22.4 Å². The number of carbonyl (C=O) groups is 2. The Morgan fingerprint density at radius 3 is 2.53 bits per heavy atom. The first kappa shape index (κ1) is 21.6. The van der Waals surface area contributed by atoms with Crippen molar-refractivity contribution in [2.24, 2.45) is 11.1 Å². The van der Waals surface area contributed by atoms with E-state index in [1.54, 1.807) is 18.2 Å². The first-order chi connectivity index (χ1) is 15.5. The van der Waals surface area contributed by atoms with Crippen LogP contribution in [0.2, 0.25) is 0 Å². The second kappa shape index (κ2) is 9.22. The number of primary amides is 1. The van der Waals surface area contributed by atoms with Crippen molar-refractivity contribution in [3.8, 4) is 16.9 Å². The minimum atomic E-state index is -0.797. The Morgan fingerprint density at radius 1 is 1.06 bits per heavy atom. The second-order valence-corrected chi connectivity index (χ2v) is 8.27. The van der Waals surface area contributed by atoms with Crippen LogP contribution in [0.3, 0.4) is 0 Å². The fourth-order valence-electron chi connectivity index (χ4n) is 4.48. The van der Waals surface area contributed by atoms with Crippen LogP contribution in [-0.4, -0.2) is 41.9 Å². The van der Waals surface area contributed by atoms with Crippen LogP contribution in [0.15, 0.2) is 73.1 Å². The highest BCUT2D eigenvalue weighted by molar-refractivity contribution is 5.85. The van der Waals surface area contributed by atoms with Crippen LogP contribution in [0.1, 0.15) is 17.5 Å². The van der Waals surface area contributed by atoms with E-state index in [1.807, 2.05) is 66.9 Å². The summed E-state index contributed by atoms with van der Waals surface area (Å²) in [5.74, 6) is 0.288. The number of nitrogens with two attached hydrogens (primary N) is 1. The second-order valence-electron chi connectivity index (χ2n) is 8.27. The van der Waals surface area contributed by atoms with Gasteiger partial charge in [0.25, 0.3) is 0 Å². The smallest absolute Gasteiger partial charge is 0.227 e. The number of hydrogen-bond acceptors (Lipinski definition) is 4. The van der Waals surface area contributed by atoms with Crippen molar-refractivity contribution in [1.29, 1.82) is 0 Å². The molecule has 164 valence electrons. The zero-order valence-electron chi connectivity index (χ0n) is 18.2. The van der Waals surface area contributed by atoms with Gasteiger partial charge in [-0.2, -0.15) is 0 Å². The summed E-state index contributed by atoms with van der Waals surface area (Å²) in [6.07, 6.45) is 4.80. The van der Waals surface area contributed by atoms with E-state index in [-0.39, 0.29) is 18.2 Å². The Morgan fingerprint density at radius 2 is 1.81 bits per heavy atom. The molecule has 6 heteroatoms. The highest BCUT2D eigenvalue weighted by Crippen LogP contribution is 2.37. The zero-order valence-corrected chi connectivity index (χ0v) is 18.2. The van der Waals surface area contributed by atoms with Gasteiger partial charge in [0.15, 0.2) is 0 Å². The van der Waals surface area contributed by atoms with E-state index < -0.39 is 5.41 Å². The van der Waals surface area contributed by atoms with Crippen molar-refractivity contribution in [2.45, 2.75) is 19.3 Å². The van der Waals surface area contributed by atoms with E-state index >= 15 is 0 Å². The minimum Gasteiger partial charge on any atom is -0.496 e. The molecule has 1 saturated heterocycles. The number of para-hydroxylation sites is 1. The lowest BCUT2D eigenvalue weighted by Crippen LogP contribution is -2.43. The number of benzene rings is 2. The molecule has 2 heterocycles. The van der Waals surface area contributed by atoms with E-state index in [0.29, 0.717) is 31.7 Å². The van der Waals surface area contributed by atoms with Gasteiger partial charge in [0, 0.05) is 36.6 Å². The summed E-state index contributed by atoms with van der Waals surface area (Å²) in [6.45, 7) is 0.823. The van der Waals surface area contributed by atoms with Gasteiger partial charge in [0.05, 0.1) is 18.9 Å². The quantitative estimate of drug-likeness (QED) is 0.625. The van der Waals surface area contributed by atoms with Crippen molar-refractivity contribution in [3.63, 3.8) is 0 Å². The molecule has 0 bridgehead atoms. The van der Waals surface area contributed by atoms with Crippen LogP contribution >= 0.6 is 0 Å². The number of ether oxygens (including phenoxy) is 1. The molecule has 0 radical (unpaired) electrons. The monoisotopic (exact) mass is 429 g/mol. The third kappa shape index (κ3) is 4.35. The molecular formula is C26H27N3O3. The molecule has 0 spiro atoms. The Kier molecular flexibility index (Phi) is 6.21. The maximum Gasteiger partial charge on any atom is 0.227 e. The van der Waals surface area contributed by atoms with E-state index in [1.165, 1.54) is 0 Å². The van der Waals surface area contributed by atoms with Crippen molar-refractivity contribution < 1.29 is 14.3 Å². The number of carbonyl (C=O) groups excluding carboxylic acids is 2. The minimum absolute atomic E-state index is 0.0295. The third-order valence-corrected chi connectivity index (χ3v) is 6.28. The highest BCUT2D eigenvalue weighted by atomic mass is 16.5. The van der Waals surface area contributed by atoms with Crippen LogP contribution in [0.25, 0.3) is 11.1 Å². The average Bonchev–Trinajstić information content (AvgIpc) is 3.26. The zero-order chi connectivity index (χ0) is 22.6. The van der Waals surface area contributed by atoms with Crippen molar-refractivity contribution in [2.75, 3.05) is 20.2 Å². The third-order valence-electron chi connectivity index (χ3n) is 6.28. The maximum absolute atomic E-state index is 13.0. The van der Waals surface area contributed by atoms with Gasteiger partial charge in [-0.25, -0.2) is 0 Å². The lowest BCUT2D eigenvalue weighted by Gasteiger charge is -2.27. The number of pyridine rings is 1. The first-order valence-corrected chi connectivity index (χ1v) is 10.7. The SMILES string of the molecule is COc1ccccc1CC(=O)N1CCC(Cc2ccccc2-c2cccnc2)(C(N)=O)C1.